The highest BCUT2D eigenvalue weighted by atomic mass is 16.3. The maximum Gasteiger partial charge on any atom is 0.238 e. The lowest BCUT2D eigenvalue weighted by Gasteiger charge is -2.31. The number of aryl methyl sites for hydroxylation is 2. The number of phenols is 1. The van der Waals surface area contributed by atoms with E-state index >= 15 is 0 Å². The molecule has 176 valence electrons. The predicted molar refractivity (Wildman–Crippen MR) is 138 cm³/mol. The molecule has 1 aliphatic heterocycles. The van der Waals surface area contributed by atoms with Gasteiger partial charge in [-0.2, -0.15) is 0 Å². The normalized spacial score (nSPS) is 15.9. The minimum Gasteiger partial charge on any atom is -0.508 e. The minimum atomic E-state index is -0.402. The third kappa shape index (κ3) is 5.15. The lowest BCUT2D eigenvalue weighted by molar-refractivity contribution is -0.123. The molecule has 1 aliphatic rings. The van der Waals surface area contributed by atoms with E-state index in [0.717, 1.165) is 39.9 Å². The number of anilines is 1. The molecule has 0 spiro atoms. The number of nitrogens with one attached hydrogen (secondary N) is 3. The maximum atomic E-state index is 13.4. The Balaban J connectivity index is 1.55. The van der Waals surface area contributed by atoms with Crippen LogP contribution in [-0.4, -0.2) is 30.6 Å². The van der Waals surface area contributed by atoms with Gasteiger partial charge < -0.3 is 21.1 Å². The van der Waals surface area contributed by atoms with E-state index in [9.17, 15) is 9.90 Å². The number of carbonyl (C=O) groups excluding carboxylic acids is 1. The van der Waals surface area contributed by atoms with Gasteiger partial charge >= 0.3 is 0 Å². The second-order valence-corrected chi connectivity index (χ2v) is 9.14. The zero-order chi connectivity index (χ0) is 24.2. The molecule has 3 aromatic rings. The molecule has 0 radical (unpaired) electrons. The number of carbonyl (C=O) groups is 1. The molecule has 34 heavy (non-hydrogen) atoms. The number of hydrogen-bond acceptors (Lipinski definition) is 4. The van der Waals surface area contributed by atoms with Gasteiger partial charge in [-0.15, -0.1) is 0 Å². The van der Waals surface area contributed by atoms with Crippen molar-refractivity contribution in [2.24, 2.45) is 0 Å². The number of amides is 1. The summed E-state index contributed by atoms with van der Waals surface area (Å²) in [4.78, 5) is 13.4. The monoisotopic (exact) mass is 455 g/mol. The van der Waals surface area contributed by atoms with Crippen molar-refractivity contribution in [2.75, 3.05) is 18.9 Å². The van der Waals surface area contributed by atoms with E-state index in [0.29, 0.717) is 13.0 Å². The van der Waals surface area contributed by atoms with Crippen LogP contribution in [0.25, 0.3) is 0 Å². The summed E-state index contributed by atoms with van der Waals surface area (Å²) < 4.78 is 0. The number of phenolic OH excluding ortho intramolecular Hbond substituents is 1. The molecule has 0 bridgehead atoms. The summed E-state index contributed by atoms with van der Waals surface area (Å²) in [6, 6.07) is 19.6. The predicted octanol–water partition coefficient (Wildman–Crippen LogP) is 4.57. The molecule has 1 heterocycles. The van der Waals surface area contributed by atoms with Crippen molar-refractivity contribution in [1.82, 2.24) is 10.6 Å². The first-order chi connectivity index (χ1) is 16.4. The van der Waals surface area contributed by atoms with E-state index in [1.165, 1.54) is 11.1 Å². The fourth-order valence-electron chi connectivity index (χ4n) is 4.73. The average molecular weight is 456 g/mol. The van der Waals surface area contributed by atoms with Gasteiger partial charge in [0, 0.05) is 17.8 Å². The van der Waals surface area contributed by atoms with Gasteiger partial charge in [-0.25, -0.2) is 0 Å². The quantitative estimate of drug-likeness (QED) is 0.394. The molecular weight excluding hydrogens is 422 g/mol. The van der Waals surface area contributed by atoms with Crippen LogP contribution >= 0.6 is 0 Å². The number of hydrogen-bond donors (Lipinski definition) is 4. The zero-order valence-electron chi connectivity index (χ0n) is 20.1. The van der Waals surface area contributed by atoms with E-state index in [-0.39, 0.29) is 17.7 Å². The molecule has 5 heteroatoms. The van der Waals surface area contributed by atoms with Gasteiger partial charge in [-0.3, -0.25) is 4.79 Å². The molecule has 4 N–H and O–H groups in total. The molecule has 0 fully saturated rings. The molecule has 0 saturated heterocycles. The van der Waals surface area contributed by atoms with E-state index in [1.807, 2.05) is 19.9 Å². The lowest BCUT2D eigenvalue weighted by atomic mass is 9.90. The Morgan fingerprint density at radius 1 is 1.09 bits per heavy atom. The number of likely N-dealkylation sites (N-methyl/N-ethyl adjacent to an activating group) is 1. The van der Waals surface area contributed by atoms with Crippen LogP contribution in [0.4, 0.5) is 5.69 Å². The first-order valence-electron chi connectivity index (χ1n) is 11.7. The molecule has 1 amide bonds. The Kier molecular flexibility index (Phi) is 7.03. The van der Waals surface area contributed by atoms with Crippen molar-refractivity contribution in [3.05, 3.63) is 106 Å². The Labute approximate surface area is 201 Å². The highest BCUT2D eigenvalue weighted by molar-refractivity contribution is 5.83. The second-order valence-electron chi connectivity index (χ2n) is 9.14. The van der Waals surface area contributed by atoms with Crippen LogP contribution < -0.4 is 16.0 Å². The molecule has 4 rings (SSSR count). The average Bonchev–Trinajstić information content (AvgIpc) is 2.81. The van der Waals surface area contributed by atoms with Crippen molar-refractivity contribution < 1.29 is 9.90 Å². The van der Waals surface area contributed by atoms with Gasteiger partial charge in [0.05, 0.1) is 12.1 Å². The summed E-state index contributed by atoms with van der Waals surface area (Å²) in [6.07, 6.45) is 1.37. The summed E-state index contributed by atoms with van der Waals surface area (Å²) in [6.45, 7) is 8.79. The van der Waals surface area contributed by atoms with Gasteiger partial charge in [-0.05, 0) is 85.3 Å². The van der Waals surface area contributed by atoms with Crippen molar-refractivity contribution in [3.8, 4) is 5.75 Å². The van der Waals surface area contributed by atoms with Crippen LogP contribution in [0.1, 0.15) is 39.4 Å². The Hall–Kier alpha value is -3.57. The Morgan fingerprint density at radius 3 is 2.47 bits per heavy atom. The third-order valence-corrected chi connectivity index (χ3v) is 6.63. The second kappa shape index (κ2) is 10.1. The molecule has 0 aliphatic carbocycles. The molecule has 0 aromatic heterocycles. The topological polar surface area (TPSA) is 73.4 Å². The van der Waals surface area contributed by atoms with Crippen molar-refractivity contribution in [3.63, 3.8) is 0 Å². The number of rotatable bonds is 7. The van der Waals surface area contributed by atoms with E-state index in [2.05, 4.69) is 65.0 Å². The van der Waals surface area contributed by atoms with Gasteiger partial charge in [0.1, 0.15) is 5.75 Å². The van der Waals surface area contributed by atoms with Gasteiger partial charge in [0.25, 0.3) is 0 Å². The number of aromatic hydroxyl groups is 1. The summed E-state index contributed by atoms with van der Waals surface area (Å²) in [5.74, 6) is 0.181. The molecule has 2 atom stereocenters. The fraction of sp³-hybridized carbons (Fsp3) is 0.276. The molecule has 0 saturated carbocycles. The number of fused-ring (bicyclic) bond motifs is 1. The van der Waals surface area contributed by atoms with Crippen LogP contribution in [0.3, 0.4) is 0 Å². The first kappa shape index (κ1) is 23.6. The highest BCUT2D eigenvalue weighted by Gasteiger charge is 2.28. The summed E-state index contributed by atoms with van der Waals surface area (Å²) in [7, 11) is 1.80. The summed E-state index contributed by atoms with van der Waals surface area (Å²) >= 11 is 0. The Bertz CT molecular complexity index is 1180. The van der Waals surface area contributed by atoms with Crippen LogP contribution in [0.15, 0.2) is 72.8 Å². The first-order valence-corrected chi connectivity index (χ1v) is 11.7. The van der Waals surface area contributed by atoms with Gasteiger partial charge in [0.2, 0.25) is 5.91 Å². The third-order valence-electron chi connectivity index (χ3n) is 6.63. The summed E-state index contributed by atoms with van der Waals surface area (Å²) in [5.41, 5.74) is 8.49. The van der Waals surface area contributed by atoms with Crippen LogP contribution in [0.5, 0.6) is 5.75 Å². The van der Waals surface area contributed by atoms with E-state index in [1.54, 1.807) is 19.2 Å². The van der Waals surface area contributed by atoms with Crippen molar-refractivity contribution in [1.29, 1.82) is 0 Å². The molecule has 5 nitrogen and oxygen atoms in total. The lowest BCUT2D eigenvalue weighted by Crippen LogP contribution is -2.46. The minimum absolute atomic E-state index is 0.0677. The molecule has 3 aromatic carbocycles. The summed E-state index contributed by atoms with van der Waals surface area (Å²) in [5, 5.41) is 19.7. The molecule has 0 unspecified atom stereocenters. The molecular formula is C29H33N3O2. The maximum absolute atomic E-state index is 13.4. The van der Waals surface area contributed by atoms with Crippen molar-refractivity contribution in [2.45, 2.75) is 38.8 Å². The fourth-order valence-corrected chi connectivity index (χ4v) is 4.73. The van der Waals surface area contributed by atoms with Crippen LogP contribution in [0, 0.1) is 13.8 Å². The Morgan fingerprint density at radius 2 is 1.79 bits per heavy atom. The van der Waals surface area contributed by atoms with Crippen LogP contribution in [0.2, 0.25) is 0 Å². The SMILES string of the molecule is C=C1CNc2ccc(Cc3ccccc3)cc2[C@@H]1NC(=O)[C@H](Cc1c(C)cc(O)cc1C)NC. The standard InChI is InChI=1S/C29H33N3O2/c1-18-12-23(33)13-19(2)24(18)16-27(30-4)29(34)32-28-20(3)17-31-26-11-10-22(15-25(26)28)14-21-8-6-5-7-9-21/h5-13,15,27-28,30-31,33H,3,14,16-17H2,1-2,4H3,(H,32,34)/t27-,28+/m0/s1. The van der Waals surface area contributed by atoms with E-state index < -0.39 is 6.04 Å². The van der Waals surface area contributed by atoms with Gasteiger partial charge in [0.15, 0.2) is 0 Å². The van der Waals surface area contributed by atoms with Crippen molar-refractivity contribution >= 4 is 11.6 Å². The van der Waals surface area contributed by atoms with E-state index in [4.69, 9.17) is 0 Å². The highest BCUT2D eigenvalue weighted by Crippen LogP contribution is 2.34. The largest absolute Gasteiger partial charge is 0.508 e. The smallest absolute Gasteiger partial charge is 0.238 e. The number of benzene rings is 3. The zero-order valence-corrected chi connectivity index (χ0v) is 20.1. The van der Waals surface area contributed by atoms with Gasteiger partial charge in [-0.1, -0.05) is 49.0 Å². The van der Waals surface area contributed by atoms with Crippen LogP contribution in [-0.2, 0) is 17.6 Å².